The van der Waals surface area contributed by atoms with Gasteiger partial charge in [0, 0.05) is 21.5 Å². The molecule has 2 rings (SSSR count). The number of nitro benzene ring substituents is 1. The van der Waals surface area contributed by atoms with E-state index in [2.05, 4.69) is 5.32 Å². The molecule has 6 heteroatoms. The standard InChI is InChI=1S/C14H13N3O2S/c1-9-3-6-14(20-9)10(2)16-12-5-4-11(8-15)13(7-12)17(18)19/h3-7,10,16H,1-2H3. The van der Waals surface area contributed by atoms with Crippen molar-refractivity contribution in [1.82, 2.24) is 0 Å². The van der Waals surface area contributed by atoms with Gasteiger partial charge in [-0.15, -0.1) is 11.3 Å². The fourth-order valence-electron chi connectivity index (χ4n) is 1.87. The zero-order valence-electron chi connectivity index (χ0n) is 11.1. The number of nitrogens with zero attached hydrogens (tertiary/aromatic N) is 2. The Morgan fingerprint density at radius 2 is 2.15 bits per heavy atom. The summed E-state index contributed by atoms with van der Waals surface area (Å²) in [4.78, 5) is 12.8. The highest BCUT2D eigenvalue weighted by atomic mass is 32.1. The predicted octanol–water partition coefficient (Wildman–Crippen LogP) is 4.01. The number of hydrogen-bond donors (Lipinski definition) is 1. The SMILES string of the molecule is Cc1ccc(C(C)Nc2ccc(C#N)c([N+](=O)[O-])c2)s1. The Labute approximate surface area is 120 Å². The molecule has 0 bridgehead atoms. The second kappa shape index (κ2) is 5.72. The van der Waals surface area contributed by atoms with E-state index in [0.29, 0.717) is 5.69 Å². The van der Waals surface area contributed by atoms with Crippen molar-refractivity contribution < 1.29 is 4.92 Å². The van der Waals surface area contributed by atoms with Crippen molar-refractivity contribution >= 4 is 22.7 Å². The van der Waals surface area contributed by atoms with Crippen LogP contribution in [-0.2, 0) is 0 Å². The molecule has 1 aromatic heterocycles. The molecular weight excluding hydrogens is 274 g/mol. The molecule has 0 saturated heterocycles. The van der Waals surface area contributed by atoms with Gasteiger partial charge >= 0.3 is 0 Å². The first-order valence-corrected chi connectivity index (χ1v) is 6.84. The molecule has 0 spiro atoms. The Morgan fingerprint density at radius 3 is 2.70 bits per heavy atom. The molecule has 0 aliphatic carbocycles. The number of rotatable bonds is 4. The smallest absolute Gasteiger partial charge is 0.289 e. The van der Waals surface area contributed by atoms with Gasteiger partial charge in [-0.25, -0.2) is 0 Å². The molecule has 1 aromatic carbocycles. The zero-order chi connectivity index (χ0) is 14.7. The highest BCUT2D eigenvalue weighted by molar-refractivity contribution is 7.12. The van der Waals surface area contributed by atoms with Crippen LogP contribution in [0, 0.1) is 28.4 Å². The monoisotopic (exact) mass is 287 g/mol. The molecule has 5 nitrogen and oxygen atoms in total. The Balaban J connectivity index is 2.24. The number of nitrogens with one attached hydrogen (secondary N) is 1. The summed E-state index contributed by atoms with van der Waals surface area (Å²) < 4.78 is 0. The van der Waals surface area contributed by atoms with Gasteiger partial charge in [-0.3, -0.25) is 10.1 Å². The number of thiophene rings is 1. The molecule has 1 heterocycles. The Bertz CT molecular complexity index is 688. The van der Waals surface area contributed by atoms with Crippen LogP contribution in [0.1, 0.15) is 28.3 Å². The molecule has 1 unspecified atom stereocenters. The van der Waals surface area contributed by atoms with Crippen LogP contribution >= 0.6 is 11.3 Å². The molecule has 0 fully saturated rings. The first-order chi connectivity index (χ1) is 9.51. The largest absolute Gasteiger partial charge is 0.378 e. The number of benzene rings is 1. The topological polar surface area (TPSA) is 79.0 Å². The molecule has 102 valence electrons. The molecule has 1 atom stereocenters. The van der Waals surface area contributed by atoms with Gasteiger partial charge in [0.05, 0.1) is 11.0 Å². The Kier molecular flexibility index (Phi) is 4.01. The van der Waals surface area contributed by atoms with Gasteiger partial charge in [0.15, 0.2) is 0 Å². The van der Waals surface area contributed by atoms with Crippen molar-refractivity contribution in [3.63, 3.8) is 0 Å². The molecule has 0 amide bonds. The molecular formula is C14H13N3O2S. The predicted molar refractivity (Wildman–Crippen MR) is 78.9 cm³/mol. The third-order valence-corrected chi connectivity index (χ3v) is 4.07. The number of aryl methyl sites for hydroxylation is 1. The fourth-order valence-corrected chi connectivity index (χ4v) is 2.75. The highest BCUT2D eigenvalue weighted by Crippen LogP contribution is 2.28. The lowest BCUT2D eigenvalue weighted by Crippen LogP contribution is -2.05. The van der Waals surface area contributed by atoms with Gasteiger partial charge in [-0.1, -0.05) is 0 Å². The van der Waals surface area contributed by atoms with E-state index in [1.807, 2.05) is 32.0 Å². The quantitative estimate of drug-likeness (QED) is 0.680. The third-order valence-electron chi connectivity index (χ3n) is 2.89. The summed E-state index contributed by atoms with van der Waals surface area (Å²) in [5.74, 6) is 0. The number of nitro groups is 1. The summed E-state index contributed by atoms with van der Waals surface area (Å²) >= 11 is 1.68. The average Bonchev–Trinajstić information content (AvgIpc) is 2.85. The third kappa shape index (κ3) is 2.95. The number of nitriles is 1. The molecule has 2 aromatic rings. The summed E-state index contributed by atoms with van der Waals surface area (Å²) in [6, 6.07) is 10.5. The number of anilines is 1. The molecule has 0 saturated carbocycles. The average molecular weight is 287 g/mol. The van der Waals surface area contributed by atoms with E-state index in [4.69, 9.17) is 5.26 Å². The van der Waals surface area contributed by atoms with Crippen LogP contribution in [0.3, 0.4) is 0 Å². The summed E-state index contributed by atoms with van der Waals surface area (Å²) in [6.07, 6.45) is 0. The van der Waals surface area contributed by atoms with E-state index < -0.39 is 4.92 Å². The van der Waals surface area contributed by atoms with Crippen LogP contribution in [0.25, 0.3) is 0 Å². The second-order valence-corrected chi connectivity index (χ2v) is 5.73. The summed E-state index contributed by atoms with van der Waals surface area (Å²) in [5.41, 5.74) is 0.529. The van der Waals surface area contributed by atoms with Crippen LogP contribution in [0.15, 0.2) is 30.3 Å². The normalized spacial score (nSPS) is 11.7. The summed E-state index contributed by atoms with van der Waals surface area (Å²) in [5, 5.41) is 23.0. The lowest BCUT2D eigenvalue weighted by atomic mass is 10.1. The molecule has 0 aliphatic rings. The van der Waals surface area contributed by atoms with E-state index in [1.165, 1.54) is 17.0 Å². The maximum atomic E-state index is 10.9. The Morgan fingerprint density at radius 1 is 1.40 bits per heavy atom. The minimum absolute atomic E-state index is 0.0567. The van der Waals surface area contributed by atoms with E-state index >= 15 is 0 Å². The lowest BCUT2D eigenvalue weighted by Gasteiger charge is -2.13. The van der Waals surface area contributed by atoms with Gasteiger partial charge in [-0.05, 0) is 38.1 Å². The minimum Gasteiger partial charge on any atom is -0.378 e. The van der Waals surface area contributed by atoms with Crippen molar-refractivity contribution in [2.24, 2.45) is 0 Å². The van der Waals surface area contributed by atoms with Crippen LogP contribution in [0.2, 0.25) is 0 Å². The van der Waals surface area contributed by atoms with Gasteiger partial charge < -0.3 is 5.32 Å². The molecule has 20 heavy (non-hydrogen) atoms. The minimum atomic E-state index is -0.538. The van der Waals surface area contributed by atoms with Crippen molar-refractivity contribution in [1.29, 1.82) is 5.26 Å². The highest BCUT2D eigenvalue weighted by Gasteiger charge is 2.15. The van der Waals surface area contributed by atoms with Crippen LogP contribution in [-0.4, -0.2) is 4.92 Å². The fraction of sp³-hybridized carbons (Fsp3) is 0.214. The van der Waals surface area contributed by atoms with Crippen molar-refractivity contribution in [2.45, 2.75) is 19.9 Å². The van der Waals surface area contributed by atoms with Crippen LogP contribution < -0.4 is 5.32 Å². The van der Waals surface area contributed by atoms with E-state index in [-0.39, 0.29) is 17.3 Å². The maximum Gasteiger partial charge on any atom is 0.289 e. The van der Waals surface area contributed by atoms with Gasteiger partial charge in [0.1, 0.15) is 11.6 Å². The second-order valence-electron chi connectivity index (χ2n) is 4.42. The van der Waals surface area contributed by atoms with Gasteiger partial charge in [0.25, 0.3) is 5.69 Å². The molecule has 1 N–H and O–H groups in total. The van der Waals surface area contributed by atoms with Crippen LogP contribution in [0.4, 0.5) is 11.4 Å². The summed E-state index contributed by atoms with van der Waals surface area (Å²) in [6.45, 7) is 4.03. The molecule has 0 radical (unpaired) electrons. The van der Waals surface area contributed by atoms with E-state index in [1.54, 1.807) is 17.4 Å². The Hall–Kier alpha value is -2.39. The first kappa shape index (κ1) is 14.0. The molecule has 0 aliphatic heterocycles. The van der Waals surface area contributed by atoms with Gasteiger partial charge in [-0.2, -0.15) is 5.26 Å². The van der Waals surface area contributed by atoms with Crippen molar-refractivity contribution in [3.8, 4) is 6.07 Å². The zero-order valence-corrected chi connectivity index (χ0v) is 11.9. The van der Waals surface area contributed by atoms with Crippen LogP contribution in [0.5, 0.6) is 0 Å². The first-order valence-electron chi connectivity index (χ1n) is 6.02. The van der Waals surface area contributed by atoms with Crippen molar-refractivity contribution in [3.05, 3.63) is 55.8 Å². The summed E-state index contributed by atoms with van der Waals surface area (Å²) in [7, 11) is 0. The lowest BCUT2D eigenvalue weighted by molar-refractivity contribution is -0.385. The maximum absolute atomic E-state index is 10.9. The van der Waals surface area contributed by atoms with Gasteiger partial charge in [0.2, 0.25) is 0 Å². The number of hydrogen-bond acceptors (Lipinski definition) is 5. The van der Waals surface area contributed by atoms with E-state index in [0.717, 1.165) is 4.88 Å². The van der Waals surface area contributed by atoms with Crippen molar-refractivity contribution in [2.75, 3.05) is 5.32 Å². The van der Waals surface area contributed by atoms with E-state index in [9.17, 15) is 10.1 Å².